The number of fused-ring (bicyclic) bond motifs is 5. The molecule has 0 N–H and O–H groups in total. The average molecular weight is 455 g/mol. The molecule has 0 unspecified atom stereocenters. The van der Waals surface area contributed by atoms with Gasteiger partial charge >= 0.3 is 5.69 Å². The Labute approximate surface area is 193 Å². The van der Waals surface area contributed by atoms with Gasteiger partial charge in [0.1, 0.15) is 0 Å². The van der Waals surface area contributed by atoms with E-state index in [1.54, 1.807) is 8.97 Å². The van der Waals surface area contributed by atoms with Crippen LogP contribution in [-0.4, -0.2) is 8.97 Å². The van der Waals surface area contributed by atoms with Crippen molar-refractivity contribution in [3.05, 3.63) is 118 Å². The molecule has 154 valence electrons. The molecule has 0 radical (unpaired) electrons. The molecule has 3 nitrogen and oxygen atoms in total. The van der Waals surface area contributed by atoms with Crippen LogP contribution in [-0.2, 0) is 0 Å². The number of benzene rings is 4. The summed E-state index contributed by atoms with van der Waals surface area (Å²) in [5.74, 6) is 0. The minimum Gasteiger partial charge on any atom is -0.262 e. The van der Waals surface area contributed by atoms with E-state index in [2.05, 4.69) is 12.1 Å². The van der Waals surface area contributed by atoms with Gasteiger partial charge in [0.05, 0.1) is 22.2 Å². The van der Waals surface area contributed by atoms with E-state index in [9.17, 15) is 4.79 Å². The highest BCUT2D eigenvalue weighted by Gasteiger charge is 2.16. The number of nitrogens with zero attached hydrogens (tertiary/aromatic N) is 2. The minimum atomic E-state index is -0.155. The molecular formula is C27H16Cl2N2O. The first-order chi connectivity index (χ1) is 15.6. The van der Waals surface area contributed by atoms with Gasteiger partial charge < -0.3 is 0 Å². The van der Waals surface area contributed by atoms with E-state index in [4.69, 9.17) is 23.2 Å². The summed E-state index contributed by atoms with van der Waals surface area (Å²) in [7, 11) is 0. The van der Waals surface area contributed by atoms with Crippen LogP contribution in [0.25, 0.3) is 44.1 Å². The lowest BCUT2D eigenvalue weighted by atomic mass is 10.1. The van der Waals surface area contributed by atoms with Crippen molar-refractivity contribution in [2.75, 3.05) is 0 Å². The highest BCUT2D eigenvalue weighted by molar-refractivity contribution is 6.32. The van der Waals surface area contributed by atoms with Crippen molar-refractivity contribution in [2.24, 2.45) is 0 Å². The molecule has 0 fully saturated rings. The molecule has 2 aromatic heterocycles. The van der Waals surface area contributed by atoms with Crippen LogP contribution in [0.2, 0.25) is 10.0 Å². The first-order valence-corrected chi connectivity index (χ1v) is 11.0. The molecule has 6 rings (SSSR count). The molecule has 0 aliphatic rings. The maximum atomic E-state index is 13.9. The van der Waals surface area contributed by atoms with Gasteiger partial charge in [0.15, 0.2) is 0 Å². The summed E-state index contributed by atoms with van der Waals surface area (Å²) in [5.41, 5.74) is 5.16. The van der Waals surface area contributed by atoms with E-state index in [1.165, 1.54) is 0 Å². The predicted molar refractivity (Wildman–Crippen MR) is 133 cm³/mol. The van der Waals surface area contributed by atoms with Crippen LogP contribution in [0.4, 0.5) is 0 Å². The highest BCUT2D eigenvalue weighted by atomic mass is 35.5. The Morgan fingerprint density at radius 2 is 1.34 bits per heavy atom. The molecule has 0 aliphatic heterocycles. The van der Waals surface area contributed by atoms with Crippen molar-refractivity contribution in [1.29, 1.82) is 0 Å². The summed E-state index contributed by atoms with van der Waals surface area (Å²) in [6.07, 6.45) is 0. The van der Waals surface area contributed by atoms with Crippen molar-refractivity contribution >= 4 is 50.5 Å². The Morgan fingerprint density at radius 1 is 0.594 bits per heavy atom. The molecule has 32 heavy (non-hydrogen) atoms. The summed E-state index contributed by atoms with van der Waals surface area (Å²) in [6.45, 7) is 0. The zero-order chi connectivity index (χ0) is 21.8. The van der Waals surface area contributed by atoms with Crippen LogP contribution in [0, 0.1) is 0 Å². The second-order valence-electron chi connectivity index (χ2n) is 7.76. The Balaban J connectivity index is 1.75. The number of hydrogen-bond acceptors (Lipinski definition) is 1. The first kappa shape index (κ1) is 19.2. The third kappa shape index (κ3) is 2.94. The molecule has 4 aromatic carbocycles. The Hall–Kier alpha value is -3.53. The van der Waals surface area contributed by atoms with Crippen molar-refractivity contribution in [1.82, 2.24) is 8.97 Å². The number of aromatic nitrogens is 2. The molecule has 0 aliphatic carbocycles. The maximum absolute atomic E-state index is 13.9. The molecule has 0 amide bonds. The van der Waals surface area contributed by atoms with Crippen molar-refractivity contribution in [2.45, 2.75) is 0 Å². The highest BCUT2D eigenvalue weighted by Crippen LogP contribution is 2.30. The van der Waals surface area contributed by atoms with Crippen LogP contribution in [0.1, 0.15) is 0 Å². The lowest BCUT2D eigenvalue weighted by Crippen LogP contribution is -2.25. The molecule has 5 heteroatoms. The van der Waals surface area contributed by atoms with Gasteiger partial charge in [0, 0.05) is 20.8 Å². The van der Waals surface area contributed by atoms with Gasteiger partial charge in [-0.05, 0) is 65.7 Å². The number of halogens is 2. The Kier molecular flexibility index (Phi) is 4.35. The molecule has 0 saturated carbocycles. The summed E-state index contributed by atoms with van der Waals surface area (Å²) in [4.78, 5) is 13.9. The second-order valence-corrected chi connectivity index (χ2v) is 8.64. The fourth-order valence-corrected chi connectivity index (χ4v) is 4.75. The predicted octanol–water partition coefficient (Wildman–Crippen LogP) is 7.37. The molecule has 6 aromatic rings. The zero-order valence-electron chi connectivity index (χ0n) is 16.8. The molecule has 0 atom stereocenters. The van der Waals surface area contributed by atoms with E-state index in [0.717, 1.165) is 44.1 Å². The lowest BCUT2D eigenvalue weighted by molar-refractivity contribution is 0.936. The SMILES string of the molecule is O=c1n(-c2cccc(-c3ccccc3)c2)c2cc(Cl)ccc2c2cc3cc(Cl)ccc3n12. The fraction of sp³-hybridized carbons (Fsp3) is 0. The average Bonchev–Trinajstić information content (AvgIpc) is 3.19. The summed E-state index contributed by atoms with van der Waals surface area (Å²) >= 11 is 12.6. The quantitative estimate of drug-likeness (QED) is 0.268. The first-order valence-electron chi connectivity index (χ1n) is 10.2. The van der Waals surface area contributed by atoms with Gasteiger partial charge in [-0.25, -0.2) is 4.79 Å². The van der Waals surface area contributed by atoms with Gasteiger partial charge in [0.25, 0.3) is 0 Å². The summed E-state index contributed by atoms with van der Waals surface area (Å²) in [5, 5.41) is 3.07. The largest absolute Gasteiger partial charge is 0.338 e. The Morgan fingerprint density at radius 3 is 2.19 bits per heavy atom. The zero-order valence-corrected chi connectivity index (χ0v) is 18.3. The fourth-order valence-electron chi connectivity index (χ4n) is 4.40. The molecule has 0 saturated heterocycles. The molecular weight excluding hydrogens is 439 g/mol. The Bertz CT molecular complexity index is 1720. The third-order valence-electron chi connectivity index (χ3n) is 5.83. The summed E-state index contributed by atoms with van der Waals surface area (Å²) < 4.78 is 3.48. The maximum Gasteiger partial charge on any atom is 0.338 e. The molecule has 0 spiro atoms. The molecule has 2 heterocycles. The van der Waals surface area contributed by atoms with Crippen molar-refractivity contribution < 1.29 is 0 Å². The normalized spacial score (nSPS) is 11.6. The smallest absolute Gasteiger partial charge is 0.262 e. The number of rotatable bonds is 2. The summed E-state index contributed by atoms with van der Waals surface area (Å²) in [6, 6.07) is 31.4. The van der Waals surface area contributed by atoms with Crippen LogP contribution in [0.3, 0.4) is 0 Å². The monoisotopic (exact) mass is 454 g/mol. The van der Waals surface area contributed by atoms with Crippen molar-refractivity contribution in [3.8, 4) is 16.8 Å². The van der Waals surface area contributed by atoms with E-state index in [0.29, 0.717) is 10.0 Å². The van der Waals surface area contributed by atoms with Crippen LogP contribution in [0.5, 0.6) is 0 Å². The second kappa shape index (κ2) is 7.27. The third-order valence-corrected chi connectivity index (χ3v) is 6.30. The van der Waals surface area contributed by atoms with Gasteiger partial charge in [0.2, 0.25) is 0 Å². The van der Waals surface area contributed by atoms with E-state index < -0.39 is 0 Å². The van der Waals surface area contributed by atoms with E-state index >= 15 is 0 Å². The topological polar surface area (TPSA) is 26.4 Å². The van der Waals surface area contributed by atoms with Crippen LogP contribution < -0.4 is 5.69 Å². The van der Waals surface area contributed by atoms with E-state index in [1.807, 2.05) is 84.9 Å². The van der Waals surface area contributed by atoms with Gasteiger partial charge in [-0.3, -0.25) is 8.97 Å². The number of hydrogen-bond donors (Lipinski definition) is 0. The lowest BCUT2D eigenvalue weighted by Gasteiger charge is -2.14. The molecule has 0 bridgehead atoms. The van der Waals surface area contributed by atoms with Gasteiger partial charge in [-0.2, -0.15) is 0 Å². The van der Waals surface area contributed by atoms with Crippen LogP contribution >= 0.6 is 23.2 Å². The van der Waals surface area contributed by atoms with E-state index in [-0.39, 0.29) is 5.69 Å². The minimum absolute atomic E-state index is 0.155. The van der Waals surface area contributed by atoms with Gasteiger partial charge in [-0.15, -0.1) is 0 Å². The van der Waals surface area contributed by atoms with Crippen molar-refractivity contribution in [3.63, 3.8) is 0 Å². The standard InChI is InChI=1S/C27H16Cl2N2O/c28-20-10-12-24-19(13-20)15-25-23-11-9-21(29)16-26(23)30(27(32)31(24)25)22-8-4-7-18(14-22)17-5-2-1-3-6-17/h1-16H. The van der Waals surface area contributed by atoms with Crippen LogP contribution in [0.15, 0.2) is 102 Å². The van der Waals surface area contributed by atoms with Gasteiger partial charge in [-0.1, -0.05) is 65.7 Å².